The number of rotatable bonds is 4. The van der Waals surface area contributed by atoms with Crippen molar-refractivity contribution in [2.75, 3.05) is 5.75 Å². The maximum absolute atomic E-state index is 12.1. The van der Waals surface area contributed by atoms with E-state index in [4.69, 9.17) is 0 Å². The Kier molecular flexibility index (Phi) is 4.58. The lowest BCUT2D eigenvalue weighted by molar-refractivity contribution is 0.0935. The third-order valence-electron chi connectivity index (χ3n) is 3.41. The zero-order valence-electron chi connectivity index (χ0n) is 10.9. The van der Waals surface area contributed by atoms with Crippen molar-refractivity contribution >= 4 is 17.7 Å². The van der Waals surface area contributed by atoms with Gasteiger partial charge in [-0.15, -0.1) is 0 Å². The lowest BCUT2D eigenvalue weighted by Gasteiger charge is -2.20. The summed E-state index contributed by atoms with van der Waals surface area (Å²) >= 11 is 1.86. The molecule has 1 aromatic rings. The smallest absolute Gasteiger partial charge is 0.255 e. The predicted octanol–water partition coefficient (Wildman–Crippen LogP) is 2.50. The summed E-state index contributed by atoms with van der Waals surface area (Å²) in [5.74, 6) is 0.104. The molecule has 0 bridgehead atoms. The normalized spacial score (nSPS) is 22.4. The van der Waals surface area contributed by atoms with E-state index in [9.17, 15) is 15.0 Å². The summed E-state index contributed by atoms with van der Waals surface area (Å²) in [6, 6.07) is 4.58. The maximum Gasteiger partial charge on any atom is 0.255 e. The molecule has 1 aliphatic carbocycles. The van der Waals surface area contributed by atoms with Crippen LogP contribution < -0.4 is 5.32 Å². The van der Waals surface area contributed by atoms with Crippen LogP contribution in [0.4, 0.5) is 0 Å². The Balaban J connectivity index is 2.06. The van der Waals surface area contributed by atoms with Crippen LogP contribution in [-0.4, -0.2) is 33.2 Å². The molecule has 5 heteroatoms. The number of amides is 1. The van der Waals surface area contributed by atoms with Gasteiger partial charge in [-0.2, -0.15) is 11.8 Å². The Hall–Kier alpha value is -1.36. The van der Waals surface area contributed by atoms with Crippen molar-refractivity contribution in [1.29, 1.82) is 0 Å². The Morgan fingerprint density at radius 1 is 1.42 bits per heavy atom. The largest absolute Gasteiger partial charge is 0.504 e. The average molecular weight is 281 g/mol. The summed E-state index contributed by atoms with van der Waals surface area (Å²) in [7, 11) is 0. The van der Waals surface area contributed by atoms with Crippen LogP contribution in [0.25, 0.3) is 0 Å². The molecule has 3 N–H and O–H groups in total. The van der Waals surface area contributed by atoms with Gasteiger partial charge in [-0.05, 0) is 30.7 Å². The molecule has 104 valence electrons. The van der Waals surface area contributed by atoms with E-state index >= 15 is 0 Å². The van der Waals surface area contributed by atoms with Crippen LogP contribution in [0.1, 0.15) is 36.5 Å². The molecular weight excluding hydrogens is 262 g/mol. The minimum absolute atomic E-state index is 0.132. The number of hydrogen-bond donors (Lipinski definition) is 3. The zero-order chi connectivity index (χ0) is 13.8. The van der Waals surface area contributed by atoms with E-state index < -0.39 is 0 Å². The van der Waals surface area contributed by atoms with Crippen molar-refractivity contribution in [2.24, 2.45) is 0 Å². The molecule has 19 heavy (non-hydrogen) atoms. The van der Waals surface area contributed by atoms with E-state index in [1.54, 1.807) is 6.07 Å². The summed E-state index contributed by atoms with van der Waals surface area (Å²) in [5, 5.41) is 22.5. The van der Waals surface area contributed by atoms with E-state index in [0.717, 1.165) is 25.0 Å². The predicted molar refractivity (Wildman–Crippen MR) is 76.8 cm³/mol. The van der Waals surface area contributed by atoms with Gasteiger partial charge < -0.3 is 15.5 Å². The van der Waals surface area contributed by atoms with E-state index in [-0.39, 0.29) is 29.0 Å². The Bertz CT molecular complexity index is 464. The number of phenolic OH excluding ortho intramolecular Hbond substituents is 2. The van der Waals surface area contributed by atoms with Crippen molar-refractivity contribution in [3.63, 3.8) is 0 Å². The lowest BCUT2D eigenvalue weighted by atomic mass is 10.1. The van der Waals surface area contributed by atoms with Gasteiger partial charge in [0.2, 0.25) is 0 Å². The fourth-order valence-corrected chi connectivity index (χ4v) is 3.66. The number of thioether (sulfide) groups is 1. The molecule has 2 atom stereocenters. The number of nitrogens with one attached hydrogen (secondary N) is 1. The summed E-state index contributed by atoms with van der Waals surface area (Å²) in [6.45, 7) is 2.11. The van der Waals surface area contributed by atoms with Crippen LogP contribution >= 0.6 is 11.8 Å². The van der Waals surface area contributed by atoms with Crippen LogP contribution in [0.15, 0.2) is 18.2 Å². The van der Waals surface area contributed by atoms with Gasteiger partial charge in [0.25, 0.3) is 5.91 Å². The molecule has 2 rings (SSSR count). The van der Waals surface area contributed by atoms with Crippen molar-refractivity contribution in [2.45, 2.75) is 37.5 Å². The minimum atomic E-state index is -0.349. The van der Waals surface area contributed by atoms with Crippen LogP contribution in [0.2, 0.25) is 0 Å². The van der Waals surface area contributed by atoms with Gasteiger partial charge in [0.05, 0.1) is 5.56 Å². The Labute approximate surface area is 117 Å². The Morgan fingerprint density at radius 3 is 2.95 bits per heavy atom. The first-order chi connectivity index (χ1) is 9.13. The van der Waals surface area contributed by atoms with E-state index in [1.165, 1.54) is 12.1 Å². The summed E-state index contributed by atoms with van der Waals surface area (Å²) in [4.78, 5) is 12.1. The zero-order valence-corrected chi connectivity index (χ0v) is 11.7. The van der Waals surface area contributed by atoms with Gasteiger partial charge >= 0.3 is 0 Å². The first-order valence-electron chi connectivity index (χ1n) is 6.57. The number of carbonyl (C=O) groups is 1. The number of hydrogen-bond acceptors (Lipinski definition) is 4. The van der Waals surface area contributed by atoms with Gasteiger partial charge in [0.1, 0.15) is 0 Å². The van der Waals surface area contributed by atoms with Crippen LogP contribution in [0.5, 0.6) is 11.5 Å². The fraction of sp³-hybridized carbons (Fsp3) is 0.500. The molecular formula is C14H19NO3S. The summed E-state index contributed by atoms with van der Waals surface area (Å²) < 4.78 is 0. The highest BCUT2D eigenvalue weighted by molar-refractivity contribution is 7.99. The first-order valence-corrected chi connectivity index (χ1v) is 7.61. The quantitative estimate of drug-likeness (QED) is 0.742. The molecule has 0 aliphatic heterocycles. The standard InChI is InChI=1S/C14H19NO3S/c1-2-19-12-8-4-6-10(12)15-14(18)9-5-3-7-11(16)13(9)17/h3,5,7,10,12,16-17H,2,4,6,8H2,1H3,(H,15,18). The van der Waals surface area contributed by atoms with E-state index in [1.807, 2.05) is 11.8 Å². The molecule has 0 spiro atoms. The van der Waals surface area contributed by atoms with Crippen LogP contribution in [0, 0.1) is 0 Å². The van der Waals surface area contributed by atoms with Gasteiger partial charge in [0, 0.05) is 11.3 Å². The second-order valence-corrected chi connectivity index (χ2v) is 6.19. The third-order valence-corrected chi connectivity index (χ3v) is 4.73. The maximum atomic E-state index is 12.1. The van der Waals surface area contributed by atoms with E-state index in [2.05, 4.69) is 12.2 Å². The molecule has 0 radical (unpaired) electrons. The molecule has 1 aromatic carbocycles. The Morgan fingerprint density at radius 2 is 2.21 bits per heavy atom. The molecule has 4 nitrogen and oxygen atoms in total. The highest BCUT2D eigenvalue weighted by Gasteiger charge is 2.29. The molecule has 2 unspecified atom stereocenters. The lowest BCUT2D eigenvalue weighted by Crippen LogP contribution is -2.38. The molecule has 1 aliphatic rings. The third kappa shape index (κ3) is 3.15. The van der Waals surface area contributed by atoms with Crippen molar-refractivity contribution in [3.05, 3.63) is 23.8 Å². The van der Waals surface area contributed by atoms with E-state index in [0.29, 0.717) is 5.25 Å². The second kappa shape index (κ2) is 6.19. The number of phenols is 2. The molecule has 0 aromatic heterocycles. The van der Waals surface area contributed by atoms with Gasteiger partial charge in [0.15, 0.2) is 11.5 Å². The monoisotopic (exact) mass is 281 g/mol. The number of benzene rings is 1. The second-order valence-electron chi connectivity index (χ2n) is 4.68. The van der Waals surface area contributed by atoms with Gasteiger partial charge in [-0.1, -0.05) is 19.4 Å². The first kappa shape index (κ1) is 14.1. The van der Waals surface area contributed by atoms with Crippen LogP contribution in [0.3, 0.4) is 0 Å². The van der Waals surface area contributed by atoms with Gasteiger partial charge in [-0.25, -0.2) is 0 Å². The highest BCUT2D eigenvalue weighted by atomic mass is 32.2. The summed E-state index contributed by atoms with van der Waals surface area (Å²) in [5.41, 5.74) is 0.132. The van der Waals surface area contributed by atoms with Gasteiger partial charge in [-0.3, -0.25) is 4.79 Å². The number of carbonyl (C=O) groups excluding carboxylic acids is 1. The molecule has 1 fully saturated rings. The summed E-state index contributed by atoms with van der Waals surface area (Å²) in [6.07, 6.45) is 3.22. The van der Waals surface area contributed by atoms with Crippen molar-refractivity contribution in [3.8, 4) is 11.5 Å². The fourth-order valence-electron chi connectivity index (χ4n) is 2.47. The van der Waals surface area contributed by atoms with Crippen LogP contribution in [-0.2, 0) is 0 Å². The van der Waals surface area contributed by atoms with Crippen molar-refractivity contribution < 1.29 is 15.0 Å². The number of para-hydroxylation sites is 1. The molecule has 0 heterocycles. The topological polar surface area (TPSA) is 69.6 Å². The molecule has 1 saturated carbocycles. The average Bonchev–Trinajstić information content (AvgIpc) is 2.80. The minimum Gasteiger partial charge on any atom is -0.504 e. The number of aromatic hydroxyl groups is 2. The van der Waals surface area contributed by atoms with Crippen molar-refractivity contribution in [1.82, 2.24) is 5.32 Å². The highest BCUT2D eigenvalue weighted by Crippen LogP contribution is 2.31. The molecule has 1 amide bonds. The SMILES string of the molecule is CCSC1CCCC1NC(=O)c1cccc(O)c1O. The molecule has 0 saturated heterocycles.